The molecule has 1 N–H and O–H groups in total. The van der Waals surface area contributed by atoms with Gasteiger partial charge in [0.25, 0.3) is 0 Å². The van der Waals surface area contributed by atoms with Gasteiger partial charge in [-0.2, -0.15) is 0 Å². The topological polar surface area (TPSA) is 95.0 Å². The molecule has 20 heavy (non-hydrogen) atoms. The van der Waals surface area contributed by atoms with Crippen molar-refractivity contribution in [1.82, 2.24) is 4.98 Å². The van der Waals surface area contributed by atoms with Crippen LogP contribution in [-0.4, -0.2) is 41.2 Å². The van der Waals surface area contributed by atoms with Crippen LogP contribution in [0.5, 0.6) is 0 Å². The molecule has 1 unspecified atom stereocenters. The predicted molar refractivity (Wildman–Crippen MR) is 67.8 cm³/mol. The summed E-state index contributed by atoms with van der Waals surface area (Å²) in [4.78, 5) is 27.4. The number of hydrogen-bond donors (Lipinski definition) is 1. The van der Waals surface area contributed by atoms with Crippen LogP contribution in [0.1, 0.15) is 41.6 Å². The van der Waals surface area contributed by atoms with Gasteiger partial charge in [0.2, 0.25) is 0 Å². The summed E-state index contributed by atoms with van der Waals surface area (Å²) < 4.78 is 14.3. The van der Waals surface area contributed by atoms with Crippen molar-refractivity contribution in [2.45, 2.75) is 33.4 Å². The Morgan fingerprint density at radius 3 is 2.60 bits per heavy atom. The Labute approximate surface area is 116 Å². The fourth-order valence-corrected chi connectivity index (χ4v) is 1.33. The number of carbonyl (C=O) groups excluding carboxylic acids is 2. The smallest absolute Gasteiger partial charge is 0.358 e. The van der Waals surface area contributed by atoms with Crippen LogP contribution in [0.15, 0.2) is 18.3 Å². The van der Waals surface area contributed by atoms with Gasteiger partial charge in [-0.3, -0.25) is 0 Å². The van der Waals surface area contributed by atoms with Gasteiger partial charge in [-0.05, 0) is 32.9 Å². The van der Waals surface area contributed by atoms with Crippen molar-refractivity contribution in [2.24, 2.45) is 0 Å². The van der Waals surface area contributed by atoms with Gasteiger partial charge in [0.1, 0.15) is 0 Å². The first-order valence-corrected chi connectivity index (χ1v) is 6.12. The molecule has 1 heterocycles. The number of nitrogens with zero attached hydrogens (tertiary/aromatic N) is 1. The van der Waals surface area contributed by atoms with E-state index in [4.69, 9.17) is 4.74 Å². The normalized spacial score (nSPS) is 12.1. The minimum Gasteiger partial charge on any atom is -0.458 e. The lowest BCUT2D eigenvalue weighted by molar-refractivity contribution is -0.230. The maximum absolute atomic E-state index is 11.8. The number of rotatable bonds is 6. The molecule has 7 heteroatoms. The zero-order valence-electron chi connectivity index (χ0n) is 11.5. The Morgan fingerprint density at radius 2 is 2.00 bits per heavy atom. The molecule has 0 aliphatic rings. The zero-order chi connectivity index (χ0) is 15.1. The first-order chi connectivity index (χ1) is 9.45. The molecule has 0 fully saturated rings. The van der Waals surface area contributed by atoms with Crippen LogP contribution in [0.2, 0.25) is 0 Å². The molecule has 0 aliphatic carbocycles. The van der Waals surface area contributed by atoms with Crippen LogP contribution in [0, 0.1) is 0 Å². The lowest BCUT2D eigenvalue weighted by Crippen LogP contribution is -2.23. The minimum absolute atomic E-state index is 0.100. The molecule has 7 nitrogen and oxygen atoms in total. The van der Waals surface area contributed by atoms with Crippen LogP contribution in [0.25, 0.3) is 0 Å². The zero-order valence-corrected chi connectivity index (χ0v) is 11.5. The Morgan fingerprint density at radius 1 is 1.30 bits per heavy atom. The van der Waals surface area contributed by atoms with Crippen molar-refractivity contribution in [3.05, 3.63) is 29.6 Å². The average molecular weight is 283 g/mol. The van der Waals surface area contributed by atoms with Gasteiger partial charge in [-0.25, -0.2) is 14.6 Å². The van der Waals surface area contributed by atoms with Gasteiger partial charge in [0.05, 0.1) is 18.3 Å². The molecule has 0 radical (unpaired) electrons. The quantitative estimate of drug-likeness (QED) is 0.617. The summed E-state index contributed by atoms with van der Waals surface area (Å²) in [6.45, 7) is 3.47. The van der Waals surface area contributed by atoms with E-state index in [0.29, 0.717) is 0 Å². The molecule has 0 spiro atoms. The molecule has 0 amide bonds. The van der Waals surface area contributed by atoms with E-state index < -0.39 is 18.4 Å². The highest BCUT2D eigenvalue weighted by Gasteiger charge is 2.23. The van der Waals surface area contributed by atoms with Crippen molar-refractivity contribution in [3.63, 3.8) is 0 Å². The molecule has 1 aromatic rings. The number of aliphatic hydroxyl groups excluding tert-OH is 1. The third-order valence-corrected chi connectivity index (χ3v) is 2.08. The summed E-state index contributed by atoms with van der Waals surface area (Å²) in [6, 6.07) is 2.82. The van der Waals surface area contributed by atoms with Gasteiger partial charge < -0.3 is 19.3 Å². The van der Waals surface area contributed by atoms with Gasteiger partial charge in [-0.15, -0.1) is 0 Å². The first-order valence-electron chi connectivity index (χ1n) is 6.12. The summed E-state index contributed by atoms with van der Waals surface area (Å²) in [5.41, 5.74) is -0.271. The summed E-state index contributed by atoms with van der Waals surface area (Å²) in [6.07, 6.45) is 1.01. The fourth-order valence-electron chi connectivity index (χ4n) is 1.33. The van der Waals surface area contributed by atoms with E-state index in [1.165, 1.54) is 18.3 Å². The van der Waals surface area contributed by atoms with Crippen LogP contribution >= 0.6 is 0 Å². The summed E-state index contributed by atoms with van der Waals surface area (Å²) >= 11 is 0. The molecular formula is C13H17NO6. The second kappa shape index (κ2) is 7.56. The van der Waals surface area contributed by atoms with E-state index in [1.54, 1.807) is 20.8 Å². The molecule has 0 aromatic carbocycles. The van der Waals surface area contributed by atoms with Gasteiger partial charge in [0, 0.05) is 6.20 Å². The van der Waals surface area contributed by atoms with E-state index in [2.05, 4.69) is 14.5 Å². The lowest BCUT2D eigenvalue weighted by atomic mass is 10.2. The molecule has 1 atom stereocenters. The minimum atomic E-state index is -1.69. The fraction of sp³-hybridized carbons (Fsp3) is 0.462. The van der Waals surface area contributed by atoms with Gasteiger partial charge >= 0.3 is 18.4 Å². The van der Waals surface area contributed by atoms with Crippen LogP contribution in [-0.2, 0) is 14.2 Å². The molecule has 0 bridgehead atoms. The van der Waals surface area contributed by atoms with Crippen molar-refractivity contribution < 1.29 is 28.9 Å². The van der Waals surface area contributed by atoms with E-state index in [9.17, 15) is 14.7 Å². The molecule has 0 saturated heterocycles. The van der Waals surface area contributed by atoms with Crippen molar-refractivity contribution in [3.8, 4) is 0 Å². The molecule has 0 aliphatic heterocycles. The Hall–Kier alpha value is -1.99. The summed E-state index contributed by atoms with van der Waals surface area (Å²) in [7, 11) is 0. The van der Waals surface area contributed by atoms with Crippen LogP contribution in [0.4, 0.5) is 0 Å². The van der Waals surface area contributed by atoms with Gasteiger partial charge in [0.15, 0.2) is 5.69 Å². The Bertz CT molecular complexity index is 474. The van der Waals surface area contributed by atoms with Gasteiger partial charge in [-0.1, -0.05) is 0 Å². The molecule has 1 aromatic heterocycles. The van der Waals surface area contributed by atoms with E-state index >= 15 is 0 Å². The second-order valence-electron chi connectivity index (χ2n) is 4.02. The third-order valence-electron chi connectivity index (χ3n) is 2.08. The van der Waals surface area contributed by atoms with Crippen molar-refractivity contribution >= 4 is 11.9 Å². The van der Waals surface area contributed by atoms with E-state index in [0.717, 1.165) is 0 Å². The first kappa shape index (κ1) is 16.1. The van der Waals surface area contributed by atoms with Crippen molar-refractivity contribution in [1.29, 1.82) is 0 Å². The summed E-state index contributed by atoms with van der Waals surface area (Å²) in [5, 5.41) is 9.25. The maximum Gasteiger partial charge on any atom is 0.358 e. The lowest BCUT2D eigenvalue weighted by Gasteiger charge is -2.13. The number of aliphatic hydroxyl groups is 1. The van der Waals surface area contributed by atoms with E-state index in [1.807, 2.05) is 0 Å². The number of pyridine rings is 1. The highest BCUT2D eigenvalue weighted by molar-refractivity contribution is 6.01. The maximum atomic E-state index is 11.8. The number of esters is 2. The Balaban J connectivity index is 2.89. The second-order valence-corrected chi connectivity index (χ2v) is 4.02. The Kier molecular flexibility index (Phi) is 6.08. The highest BCUT2D eigenvalue weighted by Crippen LogP contribution is 2.11. The van der Waals surface area contributed by atoms with Crippen LogP contribution < -0.4 is 0 Å². The molecule has 110 valence electrons. The molecule has 1 rings (SSSR count). The molecule has 0 saturated carbocycles. The number of hydrogen-bond acceptors (Lipinski definition) is 7. The number of carbonyl (C=O) groups is 2. The van der Waals surface area contributed by atoms with E-state index in [-0.39, 0.29) is 24.0 Å². The standard InChI is InChI=1S/C13H17NO6/c1-4-18-13(17)20-11(15)9-6-5-7-14-10(9)12(16)19-8(2)3/h5-8,13,17H,4H2,1-3H3. The third kappa shape index (κ3) is 4.60. The summed E-state index contributed by atoms with van der Waals surface area (Å²) in [5.74, 6) is -1.66. The van der Waals surface area contributed by atoms with Crippen molar-refractivity contribution in [2.75, 3.05) is 6.61 Å². The largest absolute Gasteiger partial charge is 0.458 e. The monoisotopic (exact) mass is 283 g/mol. The molecular weight excluding hydrogens is 266 g/mol. The number of aromatic nitrogens is 1. The SMILES string of the molecule is CCOC(O)OC(=O)c1cccnc1C(=O)OC(C)C. The predicted octanol–water partition coefficient (Wildman–Crippen LogP) is 1.12. The highest BCUT2D eigenvalue weighted by atomic mass is 16.8. The van der Waals surface area contributed by atoms with Crippen LogP contribution in [0.3, 0.4) is 0 Å². The number of ether oxygens (including phenoxy) is 3. The average Bonchev–Trinajstić information content (AvgIpc) is 2.38.